The molecule has 0 amide bonds. The molecule has 2 aromatic rings. The molecule has 0 saturated carbocycles. The van der Waals surface area contributed by atoms with Gasteiger partial charge >= 0.3 is 0 Å². The molecule has 0 fully saturated rings. The van der Waals surface area contributed by atoms with Crippen molar-refractivity contribution in [1.82, 2.24) is 0 Å². The van der Waals surface area contributed by atoms with Gasteiger partial charge in [0.05, 0.1) is 11.3 Å². The van der Waals surface area contributed by atoms with Crippen LogP contribution in [0.25, 0.3) is 0 Å². The van der Waals surface area contributed by atoms with Crippen molar-refractivity contribution in [1.29, 1.82) is 5.26 Å². The number of nitriles is 1. The van der Waals surface area contributed by atoms with E-state index in [4.69, 9.17) is 23.2 Å². The first-order valence-electron chi connectivity index (χ1n) is 6.03. The van der Waals surface area contributed by atoms with Crippen LogP contribution >= 0.6 is 35.0 Å². The third-order valence-electron chi connectivity index (χ3n) is 2.58. The number of anilines is 2. The molecule has 0 aromatic heterocycles. The summed E-state index contributed by atoms with van der Waals surface area (Å²) in [6.45, 7) is 2.06. The summed E-state index contributed by atoms with van der Waals surface area (Å²) in [4.78, 5) is 0.966. The predicted molar refractivity (Wildman–Crippen MR) is 87.3 cm³/mol. The summed E-state index contributed by atoms with van der Waals surface area (Å²) in [5, 5.41) is 13.7. The number of benzene rings is 2. The molecule has 0 aliphatic rings. The maximum absolute atomic E-state index is 9.36. The standard InChI is InChI=1S/C15H12Cl2N2S/c1-2-20-15-5-3-4-14(13(15)9-18)19-12-7-10(16)6-11(17)8-12/h3-8,19H,2H2,1H3. The van der Waals surface area contributed by atoms with E-state index in [-0.39, 0.29) is 0 Å². The fourth-order valence-electron chi connectivity index (χ4n) is 1.81. The summed E-state index contributed by atoms with van der Waals surface area (Å²) in [7, 11) is 0. The average molecular weight is 323 g/mol. The molecular weight excluding hydrogens is 311 g/mol. The van der Waals surface area contributed by atoms with Crippen LogP contribution in [-0.4, -0.2) is 5.75 Å². The van der Waals surface area contributed by atoms with Gasteiger partial charge < -0.3 is 5.32 Å². The van der Waals surface area contributed by atoms with Crippen LogP contribution in [0.3, 0.4) is 0 Å². The second kappa shape index (κ2) is 6.90. The summed E-state index contributed by atoms with van der Waals surface area (Å²) in [5.74, 6) is 0.918. The number of nitrogens with zero attached hydrogens (tertiary/aromatic N) is 1. The van der Waals surface area contributed by atoms with Gasteiger partial charge in [0.1, 0.15) is 6.07 Å². The first kappa shape index (κ1) is 15.1. The molecule has 0 aliphatic heterocycles. The van der Waals surface area contributed by atoms with Gasteiger partial charge in [0.25, 0.3) is 0 Å². The van der Waals surface area contributed by atoms with Gasteiger partial charge in [-0.05, 0) is 36.1 Å². The monoisotopic (exact) mass is 322 g/mol. The van der Waals surface area contributed by atoms with E-state index in [9.17, 15) is 5.26 Å². The van der Waals surface area contributed by atoms with Crippen molar-refractivity contribution in [2.24, 2.45) is 0 Å². The number of halogens is 2. The van der Waals surface area contributed by atoms with Crippen molar-refractivity contribution in [3.63, 3.8) is 0 Å². The molecule has 0 unspecified atom stereocenters. The first-order chi connectivity index (χ1) is 9.63. The fraction of sp³-hybridized carbons (Fsp3) is 0.133. The molecule has 0 atom stereocenters. The van der Waals surface area contributed by atoms with E-state index < -0.39 is 0 Å². The summed E-state index contributed by atoms with van der Waals surface area (Å²) in [6, 6.07) is 13.2. The normalized spacial score (nSPS) is 10.1. The zero-order chi connectivity index (χ0) is 14.5. The Morgan fingerprint density at radius 2 is 1.90 bits per heavy atom. The van der Waals surface area contributed by atoms with Gasteiger partial charge in [-0.1, -0.05) is 36.2 Å². The molecule has 0 radical (unpaired) electrons. The maximum atomic E-state index is 9.36. The molecule has 20 heavy (non-hydrogen) atoms. The Morgan fingerprint density at radius 3 is 2.50 bits per heavy atom. The Kier molecular flexibility index (Phi) is 5.19. The highest BCUT2D eigenvalue weighted by atomic mass is 35.5. The van der Waals surface area contributed by atoms with E-state index in [1.165, 1.54) is 0 Å². The van der Waals surface area contributed by atoms with Gasteiger partial charge in [-0.3, -0.25) is 0 Å². The van der Waals surface area contributed by atoms with Crippen LogP contribution < -0.4 is 5.32 Å². The zero-order valence-electron chi connectivity index (χ0n) is 10.8. The zero-order valence-corrected chi connectivity index (χ0v) is 13.1. The molecule has 5 heteroatoms. The van der Waals surface area contributed by atoms with E-state index in [0.29, 0.717) is 15.6 Å². The summed E-state index contributed by atoms with van der Waals surface area (Å²) < 4.78 is 0. The Hall–Kier alpha value is -1.34. The van der Waals surface area contributed by atoms with E-state index in [1.54, 1.807) is 30.0 Å². The Bertz CT molecular complexity index is 645. The minimum Gasteiger partial charge on any atom is -0.354 e. The lowest BCUT2D eigenvalue weighted by Gasteiger charge is -2.11. The fourth-order valence-corrected chi connectivity index (χ4v) is 3.12. The minimum absolute atomic E-state index is 0.553. The molecule has 0 aliphatic carbocycles. The van der Waals surface area contributed by atoms with Crippen LogP contribution in [0, 0.1) is 11.3 Å². The van der Waals surface area contributed by atoms with E-state index in [2.05, 4.69) is 18.3 Å². The van der Waals surface area contributed by atoms with E-state index >= 15 is 0 Å². The Labute approximate surface area is 132 Å². The van der Waals surface area contributed by atoms with Crippen LogP contribution in [0.4, 0.5) is 11.4 Å². The number of hydrogen-bond acceptors (Lipinski definition) is 3. The van der Waals surface area contributed by atoms with Crippen molar-refractivity contribution >= 4 is 46.3 Å². The van der Waals surface area contributed by atoms with Crippen molar-refractivity contribution in [2.75, 3.05) is 11.1 Å². The smallest absolute Gasteiger partial charge is 0.103 e. The highest BCUT2D eigenvalue weighted by Crippen LogP contribution is 2.31. The van der Waals surface area contributed by atoms with Crippen molar-refractivity contribution in [3.05, 3.63) is 52.0 Å². The van der Waals surface area contributed by atoms with Gasteiger partial charge in [-0.2, -0.15) is 5.26 Å². The first-order valence-corrected chi connectivity index (χ1v) is 7.77. The second-order valence-corrected chi connectivity index (χ2v) is 6.19. The van der Waals surface area contributed by atoms with Crippen LogP contribution in [0.15, 0.2) is 41.3 Å². The van der Waals surface area contributed by atoms with Crippen molar-refractivity contribution in [2.45, 2.75) is 11.8 Å². The van der Waals surface area contributed by atoms with Crippen LogP contribution in [0.1, 0.15) is 12.5 Å². The third-order valence-corrected chi connectivity index (χ3v) is 3.96. The number of hydrogen-bond donors (Lipinski definition) is 1. The van der Waals surface area contributed by atoms with Crippen LogP contribution in [0.5, 0.6) is 0 Å². The number of thioether (sulfide) groups is 1. The molecule has 0 spiro atoms. The highest BCUT2D eigenvalue weighted by Gasteiger charge is 2.09. The van der Waals surface area contributed by atoms with Gasteiger partial charge in [0.15, 0.2) is 0 Å². The molecule has 2 nitrogen and oxygen atoms in total. The summed E-state index contributed by atoms with van der Waals surface area (Å²) >= 11 is 13.6. The number of rotatable bonds is 4. The van der Waals surface area contributed by atoms with Gasteiger partial charge in [-0.15, -0.1) is 11.8 Å². The van der Waals surface area contributed by atoms with Crippen LogP contribution in [-0.2, 0) is 0 Å². The third kappa shape index (κ3) is 3.61. The molecule has 0 bridgehead atoms. The van der Waals surface area contributed by atoms with Crippen LogP contribution in [0.2, 0.25) is 10.0 Å². The van der Waals surface area contributed by atoms with Gasteiger partial charge in [0, 0.05) is 20.6 Å². The molecule has 1 N–H and O–H groups in total. The lowest BCUT2D eigenvalue weighted by Crippen LogP contribution is -1.95. The Morgan fingerprint density at radius 1 is 1.20 bits per heavy atom. The van der Waals surface area contributed by atoms with E-state index in [1.807, 2.05) is 18.2 Å². The molecule has 0 saturated heterocycles. The summed E-state index contributed by atoms with van der Waals surface area (Å²) in [6.07, 6.45) is 0. The SMILES string of the molecule is CCSc1cccc(Nc2cc(Cl)cc(Cl)c2)c1C#N. The lowest BCUT2D eigenvalue weighted by molar-refractivity contribution is 1.35. The summed E-state index contributed by atoms with van der Waals surface area (Å²) in [5.41, 5.74) is 2.15. The molecular formula is C15H12Cl2N2S. The Balaban J connectivity index is 2.38. The predicted octanol–water partition coefficient (Wildman–Crippen LogP) is 5.72. The maximum Gasteiger partial charge on any atom is 0.103 e. The molecule has 0 heterocycles. The van der Waals surface area contributed by atoms with Gasteiger partial charge in [-0.25, -0.2) is 0 Å². The van der Waals surface area contributed by atoms with Gasteiger partial charge in [0.2, 0.25) is 0 Å². The topological polar surface area (TPSA) is 35.8 Å². The number of nitrogens with one attached hydrogen (secondary N) is 1. The van der Waals surface area contributed by atoms with Crippen molar-refractivity contribution < 1.29 is 0 Å². The van der Waals surface area contributed by atoms with Crippen molar-refractivity contribution in [3.8, 4) is 6.07 Å². The second-order valence-electron chi connectivity index (χ2n) is 4.01. The van der Waals surface area contributed by atoms with E-state index in [0.717, 1.165) is 22.0 Å². The quantitative estimate of drug-likeness (QED) is 0.731. The highest BCUT2D eigenvalue weighted by molar-refractivity contribution is 7.99. The largest absolute Gasteiger partial charge is 0.354 e. The molecule has 2 rings (SSSR count). The molecule has 102 valence electrons. The minimum atomic E-state index is 0.553. The molecule has 2 aromatic carbocycles. The lowest BCUT2D eigenvalue weighted by atomic mass is 10.2. The average Bonchev–Trinajstić information content (AvgIpc) is 2.38.